The van der Waals surface area contributed by atoms with Crippen LogP contribution in [0.25, 0.3) is 0 Å². The van der Waals surface area contributed by atoms with Crippen LogP contribution in [0.2, 0.25) is 0 Å². The van der Waals surface area contributed by atoms with Gasteiger partial charge in [0.2, 0.25) is 5.91 Å². The maximum Gasteiger partial charge on any atom is 0.331 e. The third-order valence-corrected chi connectivity index (χ3v) is 4.73. The molecule has 0 bridgehead atoms. The summed E-state index contributed by atoms with van der Waals surface area (Å²) >= 11 is 0. The van der Waals surface area contributed by atoms with Gasteiger partial charge in [0, 0.05) is 12.0 Å². The van der Waals surface area contributed by atoms with Crippen molar-refractivity contribution in [1.82, 2.24) is 4.90 Å². The van der Waals surface area contributed by atoms with Crippen molar-refractivity contribution in [2.75, 3.05) is 13.7 Å². The summed E-state index contributed by atoms with van der Waals surface area (Å²) in [5.74, 6) is -0.139. The topological polar surface area (TPSA) is 46.6 Å². The first-order chi connectivity index (χ1) is 8.44. The number of rotatable bonds is 2. The number of esters is 1. The van der Waals surface area contributed by atoms with Crippen LogP contribution in [0.4, 0.5) is 0 Å². The molecule has 1 aliphatic carbocycles. The van der Waals surface area contributed by atoms with Gasteiger partial charge in [0.25, 0.3) is 0 Å². The minimum absolute atomic E-state index is 0.144. The molecule has 1 amide bonds. The highest BCUT2D eigenvalue weighted by atomic mass is 16.5. The Balaban J connectivity index is 2.21. The molecule has 18 heavy (non-hydrogen) atoms. The van der Waals surface area contributed by atoms with Gasteiger partial charge in [-0.05, 0) is 32.6 Å². The lowest BCUT2D eigenvalue weighted by atomic mass is 9.85. The van der Waals surface area contributed by atoms with Gasteiger partial charge >= 0.3 is 5.97 Å². The second-order valence-electron chi connectivity index (χ2n) is 6.09. The molecule has 0 aromatic rings. The Labute approximate surface area is 109 Å². The highest BCUT2D eigenvalue weighted by molar-refractivity contribution is 5.91. The average Bonchev–Trinajstić information content (AvgIpc) is 2.95. The Morgan fingerprint density at radius 3 is 2.22 bits per heavy atom. The number of methoxy groups -OCH3 is 1. The quantitative estimate of drug-likeness (QED) is 0.708. The van der Waals surface area contributed by atoms with Crippen molar-refractivity contribution in [2.24, 2.45) is 5.41 Å². The number of hydrogen-bond donors (Lipinski definition) is 0. The molecule has 1 aliphatic heterocycles. The van der Waals surface area contributed by atoms with Gasteiger partial charge in [-0.2, -0.15) is 0 Å². The van der Waals surface area contributed by atoms with Crippen LogP contribution in [-0.2, 0) is 14.3 Å². The van der Waals surface area contributed by atoms with Crippen molar-refractivity contribution in [1.29, 1.82) is 0 Å². The van der Waals surface area contributed by atoms with Crippen LogP contribution in [0, 0.1) is 5.41 Å². The van der Waals surface area contributed by atoms with Crippen molar-refractivity contribution in [3.05, 3.63) is 0 Å². The minimum atomic E-state index is -0.753. The highest BCUT2D eigenvalue weighted by Crippen LogP contribution is 2.42. The fraction of sp³-hybridized carbons (Fsp3) is 0.857. The number of likely N-dealkylation sites (tertiary alicyclic amines) is 1. The van der Waals surface area contributed by atoms with E-state index in [0.29, 0.717) is 13.0 Å². The van der Waals surface area contributed by atoms with Crippen LogP contribution in [0.15, 0.2) is 0 Å². The Morgan fingerprint density at radius 1 is 1.06 bits per heavy atom. The van der Waals surface area contributed by atoms with Gasteiger partial charge in [-0.25, -0.2) is 4.79 Å². The van der Waals surface area contributed by atoms with E-state index in [1.165, 1.54) is 7.11 Å². The lowest BCUT2D eigenvalue weighted by molar-refractivity contribution is -0.161. The third-order valence-electron chi connectivity index (χ3n) is 4.73. The Kier molecular flexibility index (Phi) is 3.39. The summed E-state index contributed by atoms with van der Waals surface area (Å²) in [7, 11) is 1.39. The number of amides is 1. The first kappa shape index (κ1) is 13.4. The number of hydrogen-bond acceptors (Lipinski definition) is 3. The highest BCUT2D eigenvalue weighted by Gasteiger charge is 2.51. The molecule has 1 saturated carbocycles. The van der Waals surface area contributed by atoms with Gasteiger partial charge in [-0.1, -0.05) is 19.8 Å². The summed E-state index contributed by atoms with van der Waals surface area (Å²) in [4.78, 5) is 26.4. The largest absolute Gasteiger partial charge is 0.467 e. The van der Waals surface area contributed by atoms with E-state index in [-0.39, 0.29) is 17.3 Å². The molecule has 0 N–H and O–H groups in total. The summed E-state index contributed by atoms with van der Waals surface area (Å²) in [6, 6.07) is 0. The second kappa shape index (κ2) is 4.56. The molecule has 2 rings (SSSR count). The van der Waals surface area contributed by atoms with Crippen molar-refractivity contribution >= 4 is 11.9 Å². The van der Waals surface area contributed by atoms with Crippen molar-refractivity contribution in [3.8, 4) is 0 Å². The molecule has 0 aromatic heterocycles. The van der Waals surface area contributed by atoms with Gasteiger partial charge in [-0.15, -0.1) is 0 Å². The fourth-order valence-electron chi connectivity index (χ4n) is 3.42. The number of ether oxygens (including phenoxy) is 1. The maximum absolute atomic E-state index is 12.7. The monoisotopic (exact) mass is 253 g/mol. The number of nitrogens with zero attached hydrogens (tertiary/aromatic N) is 1. The first-order valence-corrected chi connectivity index (χ1v) is 6.84. The van der Waals surface area contributed by atoms with Crippen LogP contribution in [-0.4, -0.2) is 36.0 Å². The predicted molar refractivity (Wildman–Crippen MR) is 67.9 cm³/mol. The Morgan fingerprint density at radius 2 is 1.67 bits per heavy atom. The predicted octanol–water partition coefficient (Wildman–Crippen LogP) is 2.12. The molecule has 2 fully saturated rings. The molecule has 0 radical (unpaired) electrons. The van der Waals surface area contributed by atoms with Gasteiger partial charge in [0.1, 0.15) is 5.54 Å². The van der Waals surface area contributed by atoms with Gasteiger partial charge < -0.3 is 9.64 Å². The van der Waals surface area contributed by atoms with Gasteiger partial charge in [0.15, 0.2) is 0 Å². The first-order valence-electron chi connectivity index (χ1n) is 6.84. The van der Waals surface area contributed by atoms with Crippen LogP contribution in [0.5, 0.6) is 0 Å². The molecule has 0 unspecified atom stereocenters. The summed E-state index contributed by atoms with van der Waals surface area (Å²) in [6.45, 7) is 4.56. The standard InChI is InChI=1S/C14H23NO3/c1-13(7-4-5-8-13)11(16)15-10-6-9-14(15,2)12(17)18-3/h4-10H2,1-3H3/t14-/m0/s1. The van der Waals surface area contributed by atoms with Gasteiger partial charge in [-0.3, -0.25) is 4.79 Å². The lowest BCUT2D eigenvalue weighted by Gasteiger charge is -2.37. The molecule has 2 aliphatic rings. The molecular formula is C14H23NO3. The Hall–Kier alpha value is -1.06. The van der Waals surface area contributed by atoms with Crippen molar-refractivity contribution in [3.63, 3.8) is 0 Å². The normalized spacial score (nSPS) is 30.5. The molecule has 0 aromatic carbocycles. The van der Waals surface area contributed by atoms with Crippen LogP contribution < -0.4 is 0 Å². The zero-order valence-electron chi connectivity index (χ0n) is 11.6. The Bertz CT molecular complexity index is 360. The minimum Gasteiger partial charge on any atom is -0.467 e. The molecule has 1 saturated heterocycles. The summed E-state index contributed by atoms with van der Waals surface area (Å²) in [5, 5.41) is 0. The van der Waals surface area contributed by atoms with Crippen LogP contribution >= 0.6 is 0 Å². The third kappa shape index (κ3) is 1.91. The van der Waals surface area contributed by atoms with E-state index in [1.54, 1.807) is 4.90 Å². The van der Waals surface area contributed by atoms with Crippen LogP contribution in [0.1, 0.15) is 52.4 Å². The van der Waals surface area contributed by atoms with E-state index in [2.05, 4.69) is 0 Å². The van der Waals surface area contributed by atoms with Gasteiger partial charge in [0.05, 0.1) is 7.11 Å². The lowest BCUT2D eigenvalue weighted by Crippen LogP contribution is -2.54. The number of carbonyl (C=O) groups is 2. The van der Waals surface area contributed by atoms with Crippen LogP contribution in [0.3, 0.4) is 0 Å². The van der Waals surface area contributed by atoms with E-state index >= 15 is 0 Å². The van der Waals surface area contributed by atoms with Crippen molar-refractivity contribution in [2.45, 2.75) is 57.9 Å². The summed E-state index contributed by atoms with van der Waals surface area (Å²) < 4.78 is 4.88. The smallest absolute Gasteiger partial charge is 0.331 e. The van der Waals surface area contributed by atoms with Crippen molar-refractivity contribution < 1.29 is 14.3 Å². The van der Waals surface area contributed by atoms with E-state index < -0.39 is 5.54 Å². The molecule has 102 valence electrons. The zero-order valence-corrected chi connectivity index (χ0v) is 11.6. The number of carbonyl (C=O) groups excluding carboxylic acids is 2. The summed E-state index contributed by atoms with van der Waals surface area (Å²) in [6.07, 6.45) is 5.71. The maximum atomic E-state index is 12.7. The molecule has 4 heteroatoms. The fourth-order valence-corrected chi connectivity index (χ4v) is 3.42. The molecule has 1 atom stereocenters. The molecule has 0 spiro atoms. The zero-order chi connectivity index (χ0) is 13.4. The van der Waals surface area contributed by atoms with E-state index in [4.69, 9.17) is 4.74 Å². The second-order valence-corrected chi connectivity index (χ2v) is 6.09. The van der Waals surface area contributed by atoms with E-state index in [9.17, 15) is 9.59 Å². The SMILES string of the molecule is COC(=O)[C@]1(C)CCCN1C(=O)C1(C)CCCC1. The van der Waals surface area contributed by atoms with E-state index in [1.807, 2.05) is 13.8 Å². The average molecular weight is 253 g/mol. The van der Waals surface area contributed by atoms with E-state index in [0.717, 1.165) is 32.1 Å². The summed E-state index contributed by atoms with van der Waals surface area (Å²) in [5.41, 5.74) is -1.02. The molecule has 4 nitrogen and oxygen atoms in total. The molecule has 1 heterocycles. The molecular weight excluding hydrogens is 230 g/mol.